The van der Waals surface area contributed by atoms with E-state index in [0.717, 1.165) is 35.6 Å². The molecule has 3 aromatic heterocycles. The van der Waals surface area contributed by atoms with E-state index >= 15 is 0 Å². The number of halogens is 1. The predicted octanol–water partition coefficient (Wildman–Crippen LogP) is 1.54. The zero-order chi connectivity index (χ0) is 13.2. The van der Waals surface area contributed by atoms with Gasteiger partial charge >= 0.3 is 0 Å². The average Bonchev–Trinajstić information content (AvgIpc) is 2.99. The minimum Gasteiger partial charge on any atom is -0.326 e. The van der Waals surface area contributed by atoms with Gasteiger partial charge in [-0.25, -0.2) is 4.98 Å². The predicted molar refractivity (Wildman–Crippen MR) is 71.8 cm³/mol. The van der Waals surface area contributed by atoms with Crippen LogP contribution in [0.1, 0.15) is 11.6 Å². The van der Waals surface area contributed by atoms with E-state index in [0.29, 0.717) is 5.88 Å². The first kappa shape index (κ1) is 12.1. The second kappa shape index (κ2) is 4.97. The summed E-state index contributed by atoms with van der Waals surface area (Å²) in [6, 6.07) is 1.95. The molecular formula is C12H13ClN6. The van der Waals surface area contributed by atoms with E-state index in [9.17, 15) is 0 Å². The fourth-order valence-corrected chi connectivity index (χ4v) is 2.33. The van der Waals surface area contributed by atoms with E-state index in [4.69, 9.17) is 11.6 Å². The SMILES string of the molecule is Cn1cnnc1CCn1c(CCl)nc2cnccc21. The van der Waals surface area contributed by atoms with Crippen molar-refractivity contribution in [2.24, 2.45) is 7.05 Å². The molecule has 0 amide bonds. The van der Waals surface area contributed by atoms with Crippen molar-refractivity contribution < 1.29 is 0 Å². The van der Waals surface area contributed by atoms with Gasteiger partial charge in [0.15, 0.2) is 0 Å². The van der Waals surface area contributed by atoms with Gasteiger partial charge in [-0.15, -0.1) is 21.8 Å². The molecule has 0 bridgehead atoms. The number of fused-ring (bicyclic) bond motifs is 1. The van der Waals surface area contributed by atoms with Gasteiger partial charge in [0.25, 0.3) is 0 Å². The van der Waals surface area contributed by atoms with Crippen molar-refractivity contribution in [1.82, 2.24) is 29.3 Å². The molecule has 3 aromatic rings. The van der Waals surface area contributed by atoms with Crippen LogP contribution in [0, 0.1) is 0 Å². The maximum absolute atomic E-state index is 5.96. The minimum atomic E-state index is 0.382. The molecule has 3 rings (SSSR count). The van der Waals surface area contributed by atoms with Gasteiger partial charge in [0.2, 0.25) is 0 Å². The molecular weight excluding hydrogens is 264 g/mol. The highest BCUT2D eigenvalue weighted by Gasteiger charge is 2.10. The number of pyridine rings is 1. The lowest BCUT2D eigenvalue weighted by atomic mass is 10.3. The van der Waals surface area contributed by atoms with Crippen LogP contribution in [0.15, 0.2) is 24.8 Å². The fraction of sp³-hybridized carbons (Fsp3) is 0.333. The molecule has 0 saturated carbocycles. The number of hydrogen-bond acceptors (Lipinski definition) is 4. The van der Waals surface area contributed by atoms with Crippen molar-refractivity contribution in [3.8, 4) is 0 Å². The summed E-state index contributed by atoms with van der Waals surface area (Å²) in [5.74, 6) is 2.18. The Hall–Kier alpha value is -1.95. The lowest BCUT2D eigenvalue weighted by Crippen LogP contribution is -2.08. The Balaban J connectivity index is 1.93. The summed E-state index contributed by atoms with van der Waals surface area (Å²) in [5.41, 5.74) is 1.92. The van der Waals surface area contributed by atoms with Gasteiger partial charge in [-0.1, -0.05) is 0 Å². The molecule has 0 unspecified atom stereocenters. The highest BCUT2D eigenvalue weighted by Crippen LogP contribution is 2.16. The van der Waals surface area contributed by atoms with Crippen molar-refractivity contribution in [2.75, 3.05) is 0 Å². The smallest absolute Gasteiger partial charge is 0.134 e. The van der Waals surface area contributed by atoms with Crippen LogP contribution >= 0.6 is 11.6 Å². The van der Waals surface area contributed by atoms with E-state index in [2.05, 4.69) is 24.7 Å². The molecule has 0 aliphatic rings. The molecule has 3 heterocycles. The molecule has 0 fully saturated rings. The largest absolute Gasteiger partial charge is 0.326 e. The summed E-state index contributed by atoms with van der Waals surface area (Å²) in [5, 5.41) is 7.96. The van der Waals surface area contributed by atoms with Crippen LogP contribution in [0.2, 0.25) is 0 Å². The summed E-state index contributed by atoms with van der Waals surface area (Å²) in [7, 11) is 1.94. The summed E-state index contributed by atoms with van der Waals surface area (Å²) >= 11 is 5.96. The van der Waals surface area contributed by atoms with Crippen LogP contribution in [0.5, 0.6) is 0 Å². The number of hydrogen-bond donors (Lipinski definition) is 0. The summed E-state index contributed by atoms with van der Waals surface area (Å²) < 4.78 is 4.03. The zero-order valence-corrected chi connectivity index (χ0v) is 11.2. The van der Waals surface area contributed by atoms with E-state index in [1.165, 1.54) is 0 Å². The molecule has 0 saturated heterocycles. The van der Waals surface area contributed by atoms with E-state index in [1.54, 1.807) is 18.7 Å². The maximum atomic E-state index is 5.96. The first-order valence-electron chi connectivity index (χ1n) is 5.97. The molecule has 19 heavy (non-hydrogen) atoms. The molecule has 0 N–H and O–H groups in total. The van der Waals surface area contributed by atoms with Gasteiger partial charge in [0, 0.05) is 26.2 Å². The van der Waals surface area contributed by atoms with Gasteiger partial charge in [-0.2, -0.15) is 0 Å². The molecule has 98 valence electrons. The van der Waals surface area contributed by atoms with Crippen LogP contribution in [-0.4, -0.2) is 29.3 Å². The van der Waals surface area contributed by atoms with Crippen molar-refractivity contribution in [3.05, 3.63) is 36.4 Å². The topological polar surface area (TPSA) is 61.4 Å². The molecule has 0 radical (unpaired) electrons. The van der Waals surface area contributed by atoms with E-state index < -0.39 is 0 Å². The zero-order valence-electron chi connectivity index (χ0n) is 10.5. The normalized spacial score (nSPS) is 11.3. The van der Waals surface area contributed by atoms with Crippen LogP contribution < -0.4 is 0 Å². The molecule has 0 aliphatic heterocycles. The molecule has 0 aromatic carbocycles. The van der Waals surface area contributed by atoms with Gasteiger partial charge in [-0.05, 0) is 6.07 Å². The average molecular weight is 277 g/mol. The Kier molecular flexibility index (Phi) is 3.16. The number of nitrogens with zero attached hydrogens (tertiary/aromatic N) is 6. The standard InChI is InChI=1S/C12H13ClN6/c1-18-8-15-17-11(18)3-5-19-10-2-4-14-7-9(10)16-12(19)6-13/h2,4,7-8H,3,5-6H2,1H3. The van der Waals surface area contributed by atoms with Crippen LogP contribution in [0.25, 0.3) is 11.0 Å². The Bertz CT molecular complexity index is 701. The number of aromatic nitrogens is 6. The number of imidazole rings is 1. The quantitative estimate of drug-likeness (QED) is 0.678. The van der Waals surface area contributed by atoms with Crippen LogP contribution in [0.4, 0.5) is 0 Å². The Labute approximate surface area is 115 Å². The van der Waals surface area contributed by atoms with Gasteiger partial charge in [0.1, 0.15) is 23.5 Å². The Morgan fingerprint density at radius 3 is 2.95 bits per heavy atom. The van der Waals surface area contributed by atoms with Crippen LogP contribution in [0.3, 0.4) is 0 Å². The third-order valence-corrected chi connectivity index (χ3v) is 3.35. The molecule has 6 nitrogen and oxygen atoms in total. The van der Waals surface area contributed by atoms with Crippen molar-refractivity contribution in [1.29, 1.82) is 0 Å². The van der Waals surface area contributed by atoms with Gasteiger partial charge < -0.3 is 9.13 Å². The second-order valence-corrected chi connectivity index (χ2v) is 4.55. The van der Waals surface area contributed by atoms with Crippen molar-refractivity contribution >= 4 is 22.6 Å². The second-order valence-electron chi connectivity index (χ2n) is 4.29. The number of alkyl halides is 1. The maximum Gasteiger partial charge on any atom is 0.134 e. The van der Waals surface area contributed by atoms with E-state index in [-0.39, 0.29) is 0 Å². The highest BCUT2D eigenvalue weighted by molar-refractivity contribution is 6.16. The summed E-state index contributed by atoms with van der Waals surface area (Å²) in [4.78, 5) is 8.56. The van der Waals surface area contributed by atoms with Crippen LogP contribution in [-0.2, 0) is 25.9 Å². The molecule has 0 atom stereocenters. The third-order valence-electron chi connectivity index (χ3n) is 3.11. The first-order chi connectivity index (χ1) is 9.29. The van der Waals surface area contributed by atoms with Crippen molar-refractivity contribution in [3.63, 3.8) is 0 Å². The fourth-order valence-electron chi connectivity index (χ4n) is 2.13. The van der Waals surface area contributed by atoms with E-state index in [1.807, 2.05) is 17.7 Å². The van der Waals surface area contributed by atoms with Gasteiger partial charge in [0.05, 0.1) is 17.6 Å². The molecule has 0 spiro atoms. The minimum absolute atomic E-state index is 0.382. The summed E-state index contributed by atoms with van der Waals surface area (Å²) in [6.45, 7) is 0.773. The number of aryl methyl sites for hydroxylation is 3. The Morgan fingerprint density at radius 1 is 1.32 bits per heavy atom. The molecule has 7 heteroatoms. The molecule has 0 aliphatic carbocycles. The number of rotatable bonds is 4. The van der Waals surface area contributed by atoms with Gasteiger partial charge in [-0.3, -0.25) is 4.98 Å². The first-order valence-corrected chi connectivity index (χ1v) is 6.51. The van der Waals surface area contributed by atoms with Crippen molar-refractivity contribution in [2.45, 2.75) is 18.8 Å². The Morgan fingerprint density at radius 2 is 2.21 bits per heavy atom. The highest BCUT2D eigenvalue weighted by atomic mass is 35.5. The summed E-state index contributed by atoms with van der Waals surface area (Å²) in [6.07, 6.45) is 6.01. The monoisotopic (exact) mass is 276 g/mol. The lowest BCUT2D eigenvalue weighted by molar-refractivity contribution is 0.645. The lowest BCUT2D eigenvalue weighted by Gasteiger charge is -2.07. The third kappa shape index (κ3) is 2.19.